The molecule has 0 fully saturated rings. The Morgan fingerprint density at radius 3 is 2.75 bits per heavy atom. The number of ether oxygens (including phenoxy) is 1. The molecule has 1 aromatic carbocycles. The fourth-order valence-corrected chi connectivity index (χ4v) is 1.46. The molecule has 1 rings (SSSR count). The van der Waals surface area contributed by atoms with E-state index in [0.29, 0.717) is 12.6 Å². The van der Waals surface area contributed by atoms with Crippen LogP contribution in [0.5, 0.6) is 5.75 Å². The third kappa shape index (κ3) is 3.29. The summed E-state index contributed by atoms with van der Waals surface area (Å²) < 4.78 is 5.55. The van der Waals surface area contributed by atoms with Crippen molar-refractivity contribution < 1.29 is 4.74 Å². The predicted octanol–water partition coefficient (Wildman–Crippen LogP) is 2.68. The molecule has 2 heteroatoms. The average molecular weight is 217 g/mol. The van der Waals surface area contributed by atoms with Crippen LogP contribution in [0.15, 0.2) is 18.2 Å². The van der Waals surface area contributed by atoms with Crippen LogP contribution in [0.4, 0.5) is 0 Å². The van der Waals surface area contributed by atoms with Gasteiger partial charge >= 0.3 is 0 Å². The minimum Gasteiger partial charge on any atom is -0.481 e. The highest BCUT2D eigenvalue weighted by Gasteiger charge is 2.05. The quantitative estimate of drug-likeness (QED) is 0.783. The van der Waals surface area contributed by atoms with E-state index in [4.69, 9.17) is 4.74 Å². The van der Waals surface area contributed by atoms with Gasteiger partial charge in [-0.1, -0.05) is 18.1 Å². The predicted molar refractivity (Wildman–Crippen MR) is 67.6 cm³/mol. The van der Waals surface area contributed by atoms with Crippen LogP contribution in [0, 0.1) is 18.8 Å². The van der Waals surface area contributed by atoms with E-state index in [1.54, 1.807) is 0 Å². The average Bonchev–Trinajstić information content (AvgIpc) is 2.30. The summed E-state index contributed by atoms with van der Waals surface area (Å²) in [6.07, 6.45) is 0. The summed E-state index contributed by atoms with van der Waals surface area (Å²) >= 11 is 0. The molecule has 0 radical (unpaired) electrons. The molecule has 0 bridgehead atoms. The van der Waals surface area contributed by atoms with E-state index in [2.05, 4.69) is 43.1 Å². The Bertz CT molecular complexity index is 401. The largest absolute Gasteiger partial charge is 0.481 e. The van der Waals surface area contributed by atoms with Crippen molar-refractivity contribution >= 4 is 0 Å². The van der Waals surface area contributed by atoms with Crippen molar-refractivity contribution in [2.75, 3.05) is 13.7 Å². The first-order chi connectivity index (χ1) is 7.69. The third-order valence-corrected chi connectivity index (χ3v) is 2.61. The zero-order valence-electron chi connectivity index (χ0n) is 10.4. The first kappa shape index (κ1) is 12.6. The van der Waals surface area contributed by atoms with Gasteiger partial charge in [-0.25, -0.2) is 0 Å². The highest BCUT2D eigenvalue weighted by atomic mass is 16.5. The minimum atomic E-state index is 0.364. The lowest BCUT2D eigenvalue weighted by Crippen LogP contribution is -2.12. The van der Waals surface area contributed by atoms with Crippen LogP contribution in [-0.2, 0) is 0 Å². The number of hydrogen-bond acceptors (Lipinski definition) is 2. The van der Waals surface area contributed by atoms with Crippen molar-refractivity contribution in [2.24, 2.45) is 0 Å². The first-order valence-electron chi connectivity index (χ1n) is 5.49. The van der Waals surface area contributed by atoms with Crippen molar-refractivity contribution in [2.45, 2.75) is 26.8 Å². The second kappa shape index (κ2) is 6.19. The van der Waals surface area contributed by atoms with Gasteiger partial charge in [-0.05, 0) is 45.0 Å². The van der Waals surface area contributed by atoms with Gasteiger partial charge in [0.05, 0.1) is 0 Å². The molecule has 0 saturated heterocycles. The van der Waals surface area contributed by atoms with Crippen LogP contribution in [0.1, 0.15) is 31.0 Å². The lowest BCUT2D eigenvalue weighted by atomic mass is 10.1. The van der Waals surface area contributed by atoms with Gasteiger partial charge in [-0.2, -0.15) is 0 Å². The molecule has 1 N–H and O–H groups in total. The molecular weight excluding hydrogens is 198 g/mol. The number of rotatable bonds is 4. The molecule has 2 nitrogen and oxygen atoms in total. The zero-order chi connectivity index (χ0) is 12.0. The molecule has 1 unspecified atom stereocenters. The molecule has 0 aliphatic rings. The summed E-state index contributed by atoms with van der Waals surface area (Å²) in [6.45, 7) is 6.46. The normalized spacial score (nSPS) is 11.5. The molecule has 1 atom stereocenters. The molecule has 0 heterocycles. The Morgan fingerprint density at radius 1 is 1.44 bits per heavy atom. The van der Waals surface area contributed by atoms with Crippen molar-refractivity contribution in [1.82, 2.24) is 5.32 Å². The van der Waals surface area contributed by atoms with Gasteiger partial charge in [0.25, 0.3) is 0 Å². The summed E-state index contributed by atoms with van der Waals surface area (Å²) in [5.41, 5.74) is 2.42. The topological polar surface area (TPSA) is 21.3 Å². The standard InChI is InChI=1S/C14H19NO/c1-5-6-9-16-14-8-7-13(10-11(14)2)12(3)15-4/h7-8,10,12,15H,9H2,1-4H3. The van der Waals surface area contributed by atoms with Crippen molar-refractivity contribution in [1.29, 1.82) is 0 Å². The van der Waals surface area contributed by atoms with Crippen molar-refractivity contribution in [3.05, 3.63) is 29.3 Å². The summed E-state index contributed by atoms with van der Waals surface area (Å²) in [5, 5.41) is 3.22. The van der Waals surface area contributed by atoms with Crippen LogP contribution in [-0.4, -0.2) is 13.7 Å². The maximum Gasteiger partial charge on any atom is 0.149 e. The van der Waals surface area contributed by atoms with E-state index < -0.39 is 0 Å². The second-order valence-corrected chi connectivity index (χ2v) is 3.75. The van der Waals surface area contributed by atoms with Gasteiger partial charge in [0.15, 0.2) is 0 Å². The van der Waals surface area contributed by atoms with Crippen molar-refractivity contribution in [3.8, 4) is 17.6 Å². The Labute approximate surface area is 98.0 Å². The smallest absolute Gasteiger partial charge is 0.149 e. The van der Waals surface area contributed by atoms with Crippen LogP contribution >= 0.6 is 0 Å². The van der Waals surface area contributed by atoms with Gasteiger partial charge in [0, 0.05) is 6.04 Å². The van der Waals surface area contributed by atoms with Gasteiger partial charge in [-0.3, -0.25) is 0 Å². The number of benzene rings is 1. The van der Waals surface area contributed by atoms with E-state index in [9.17, 15) is 0 Å². The Kier molecular flexibility index (Phi) is 4.88. The summed E-state index contributed by atoms with van der Waals surface area (Å²) in [4.78, 5) is 0. The van der Waals surface area contributed by atoms with E-state index in [0.717, 1.165) is 11.3 Å². The molecule has 0 saturated carbocycles. The van der Waals surface area contributed by atoms with Gasteiger partial charge in [0.1, 0.15) is 12.4 Å². The highest BCUT2D eigenvalue weighted by Crippen LogP contribution is 2.22. The third-order valence-electron chi connectivity index (χ3n) is 2.61. The maximum absolute atomic E-state index is 5.55. The summed E-state index contributed by atoms with van der Waals surface area (Å²) in [5.74, 6) is 6.61. The summed E-state index contributed by atoms with van der Waals surface area (Å²) in [7, 11) is 1.96. The Morgan fingerprint density at radius 2 is 2.19 bits per heavy atom. The van der Waals surface area contributed by atoms with E-state index in [1.165, 1.54) is 5.56 Å². The van der Waals surface area contributed by atoms with E-state index in [1.807, 2.05) is 20.0 Å². The van der Waals surface area contributed by atoms with Crippen LogP contribution in [0.2, 0.25) is 0 Å². The fourth-order valence-electron chi connectivity index (χ4n) is 1.46. The van der Waals surface area contributed by atoms with Gasteiger partial charge in [-0.15, -0.1) is 5.92 Å². The summed E-state index contributed by atoms with van der Waals surface area (Å²) in [6, 6.07) is 6.61. The molecule has 0 aromatic heterocycles. The number of nitrogens with one attached hydrogen (secondary N) is 1. The molecule has 1 aromatic rings. The highest BCUT2D eigenvalue weighted by molar-refractivity contribution is 5.37. The molecule has 86 valence electrons. The fraction of sp³-hybridized carbons (Fsp3) is 0.429. The van der Waals surface area contributed by atoms with E-state index >= 15 is 0 Å². The first-order valence-corrected chi connectivity index (χ1v) is 5.49. The zero-order valence-corrected chi connectivity index (χ0v) is 10.4. The molecule has 0 aliphatic carbocycles. The lowest BCUT2D eigenvalue weighted by molar-refractivity contribution is 0.367. The van der Waals surface area contributed by atoms with Crippen LogP contribution in [0.25, 0.3) is 0 Å². The van der Waals surface area contributed by atoms with Gasteiger partial charge < -0.3 is 10.1 Å². The Balaban J connectivity index is 2.77. The van der Waals surface area contributed by atoms with Crippen LogP contribution < -0.4 is 10.1 Å². The van der Waals surface area contributed by atoms with Crippen LogP contribution in [0.3, 0.4) is 0 Å². The molecule has 0 spiro atoms. The molecule has 0 aliphatic heterocycles. The van der Waals surface area contributed by atoms with E-state index in [-0.39, 0.29) is 0 Å². The number of aryl methyl sites for hydroxylation is 1. The lowest BCUT2D eigenvalue weighted by Gasteiger charge is -2.13. The van der Waals surface area contributed by atoms with Gasteiger partial charge in [0.2, 0.25) is 0 Å². The second-order valence-electron chi connectivity index (χ2n) is 3.75. The number of hydrogen-bond donors (Lipinski definition) is 1. The Hall–Kier alpha value is -1.46. The minimum absolute atomic E-state index is 0.364. The monoisotopic (exact) mass is 217 g/mol. The SMILES string of the molecule is CC#CCOc1ccc(C(C)NC)cc1C. The molecular formula is C14H19NO. The van der Waals surface area contributed by atoms with Crippen molar-refractivity contribution in [3.63, 3.8) is 0 Å². The molecule has 16 heavy (non-hydrogen) atoms. The maximum atomic E-state index is 5.55. The molecule has 0 amide bonds.